The van der Waals surface area contributed by atoms with E-state index in [1.807, 2.05) is 16.2 Å². The Labute approximate surface area is 97.5 Å². The molecular formula is C7H6FNO6PS-. The summed E-state index contributed by atoms with van der Waals surface area (Å²) in [6, 6.07) is 0. The van der Waals surface area contributed by atoms with Crippen LogP contribution in [-0.2, 0) is 24.0 Å². The van der Waals surface area contributed by atoms with Gasteiger partial charge in [-0.3, -0.25) is 13.6 Å². The minimum Gasteiger partial charge on any atom is -0.852 e. The standard InChI is InChI=1S/C7H7FNO6PS/c1-3-5-14-16(11,15-6-4-2)7(10)9-17(8,12)13/h1-2H,5-6H2,(H,9,10)/p-1. The van der Waals surface area contributed by atoms with E-state index in [1.54, 1.807) is 0 Å². The van der Waals surface area contributed by atoms with Crippen LogP contribution in [0, 0.1) is 24.7 Å². The summed E-state index contributed by atoms with van der Waals surface area (Å²) in [6.07, 6.45) is 9.53. The van der Waals surface area contributed by atoms with E-state index in [2.05, 4.69) is 9.05 Å². The van der Waals surface area contributed by atoms with Crippen LogP contribution in [0.15, 0.2) is 4.40 Å². The zero-order valence-electron chi connectivity index (χ0n) is 8.20. The summed E-state index contributed by atoms with van der Waals surface area (Å²) < 4.78 is 54.5. The van der Waals surface area contributed by atoms with E-state index in [9.17, 15) is 22.0 Å². The molecule has 0 saturated carbocycles. The Morgan fingerprint density at radius 2 is 1.76 bits per heavy atom. The third-order valence-electron chi connectivity index (χ3n) is 1.06. The Hall–Kier alpha value is -1.38. The van der Waals surface area contributed by atoms with Crippen molar-refractivity contribution >= 4 is 23.6 Å². The summed E-state index contributed by atoms with van der Waals surface area (Å²) in [4.78, 5) is 0. The third-order valence-corrected chi connectivity index (χ3v) is 3.08. The van der Waals surface area contributed by atoms with E-state index in [0.717, 1.165) is 0 Å². The number of hydrogen-bond acceptors (Lipinski definition) is 6. The molecule has 7 nitrogen and oxygen atoms in total. The molecule has 0 unspecified atom stereocenters. The molecule has 0 rings (SSSR count). The van der Waals surface area contributed by atoms with Crippen molar-refractivity contribution in [1.29, 1.82) is 0 Å². The van der Waals surface area contributed by atoms with Crippen LogP contribution >= 0.6 is 7.60 Å². The van der Waals surface area contributed by atoms with E-state index < -0.39 is 36.9 Å². The highest BCUT2D eigenvalue weighted by atomic mass is 32.3. The lowest BCUT2D eigenvalue weighted by Gasteiger charge is -2.20. The highest BCUT2D eigenvalue weighted by Crippen LogP contribution is 2.47. The Balaban J connectivity index is 5.20. The number of hydrogen-bond donors (Lipinski definition) is 0. The Bertz CT molecular complexity index is 506. The highest BCUT2D eigenvalue weighted by Gasteiger charge is 2.27. The first-order chi connectivity index (χ1) is 7.75. The molecule has 17 heavy (non-hydrogen) atoms. The quantitative estimate of drug-likeness (QED) is 0.212. The fourth-order valence-electron chi connectivity index (χ4n) is 0.535. The van der Waals surface area contributed by atoms with Crippen LogP contribution in [-0.4, -0.2) is 27.3 Å². The summed E-state index contributed by atoms with van der Waals surface area (Å²) in [5.74, 6) is 3.71. The largest absolute Gasteiger partial charge is 0.852 e. The van der Waals surface area contributed by atoms with Gasteiger partial charge in [-0.25, -0.2) is 0 Å². The van der Waals surface area contributed by atoms with Gasteiger partial charge in [0.25, 0.3) is 0 Å². The molecule has 0 fully saturated rings. The number of nitrogens with zero attached hydrogens (tertiary/aromatic N) is 1. The van der Waals surface area contributed by atoms with Crippen molar-refractivity contribution in [1.82, 2.24) is 0 Å². The van der Waals surface area contributed by atoms with Gasteiger partial charge in [0.15, 0.2) is 0 Å². The molecule has 0 radical (unpaired) electrons. The average Bonchev–Trinajstić information content (AvgIpc) is 2.21. The van der Waals surface area contributed by atoms with Crippen molar-refractivity contribution in [2.75, 3.05) is 13.2 Å². The Kier molecular flexibility index (Phi) is 5.86. The molecule has 0 aliphatic carbocycles. The topological polar surface area (TPSA) is 105 Å². The molecule has 0 aliphatic heterocycles. The lowest BCUT2D eigenvalue weighted by molar-refractivity contribution is -0.209. The summed E-state index contributed by atoms with van der Waals surface area (Å²) in [5.41, 5.74) is -1.94. The van der Waals surface area contributed by atoms with Gasteiger partial charge in [-0.1, -0.05) is 15.7 Å². The van der Waals surface area contributed by atoms with Gasteiger partial charge in [-0.05, 0) is 0 Å². The fraction of sp³-hybridized carbons (Fsp3) is 0.286. The minimum atomic E-state index is -5.52. The molecule has 94 valence electrons. The van der Waals surface area contributed by atoms with Crippen molar-refractivity contribution in [3.8, 4) is 24.7 Å². The monoisotopic (exact) mass is 282 g/mol. The molecule has 0 N–H and O–H groups in total. The molecular weight excluding hydrogens is 276 g/mol. The highest BCUT2D eigenvalue weighted by molar-refractivity contribution is 7.86. The van der Waals surface area contributed by atoms with Crippen LogP contribution in [0.2, 0.25) is 0 Å². The molecule has 0 aliphatic rings. The van der Waals surface area contributed by atoms with Gasteiger partial charge in [0, 0.05) is 0 Å². The zero-order valence-corrected chi connectivity index (χ0v) is 9.91. The second-order valence-electron chi connectivity index (χ2n) is 2.24. The smallest absolute Gasteiger partial charge is 0.417 e. The maximum atomic E-state index is 12.1. The van der Waals surface area contributed by atoms with Crippen LogP contribution in [0.25, 0.3) is 0 Å². The maximum absolute atomic E-state index is 12.1. The Morgan fingerprint density at radius 1 is 1.35 bits per heavy atom. The maximum Gasteiger partial charge on any atom is 0.417 e. The van der Waals surface area contributed by atoms with Crippen molar-refractivity contribution in [3.63, 3.8) is 0 Å². The molecule has 0 saturated heterocycles. The molecule has 0 amide bonds. The van der Waals surface area contributed by atoms with Gasteiger partial charge in [0.1, 0.15) is 13.2 Å². The molecule has 0 aromatic heterocycles. The van der Waals surface area contributed by atoms with E-state index in [4.69, 9.17) is 12.8 Å². The molecule has 10 heteroatoms. The van der Waals surface area contributed by atoms with Gasteiger partial charge in [0.2, 0.25) is 0 Å². The minimum absolute atomic E-state index is 0.630. The second kappa shape index (κ2) is 6.38. The molecule has 0 heterocycles. The number of rotatable bonds is 6. The summed E-state index contributed by atoms with van der Waals surface area (Å²) in [5, 5.41) is 11.1. The van der Waals surface area contributed by atoms with Gasteiger partial charge >= 0.3 is 18.0 Å². The van der Waals surface area contributed by atoms with Crippen molar-refractivity contribution < 1.29 is 31.0 Å². The first-order valence-corrected chi connectivity index (χ1v) is 6.61. The molecule has 0 atom stereocenters. The first kappa shape index (κ1) is 15.6. The Morgan fingerprint density at radius 3 is 2.06 bits per heavy atom. The summed E-state index contributed by atoms with van der Waals surface area (Å²) in [6.45, 7) is -1.26. The second-order valence-corrected chi connectivity index (χ2v) is 5.14. The van der Waals surface area contributed by atoms with Crippen LogP contribution in [0.5, 0.6) is 0 Å². The van der Waals surface area contributed by atoms with E-state index in [-0.39, 0.29) is 0 Å². The average molecular weight is 282 g/mol. The number of terminal acetylenes is 2. The van der Waals surface area contributed by atoms with Crippen LogP contribution in [0.4, 0.5) is 3.89 Å². The summed E-state index contributed by atoms with van der Waals surface area (Å²) in [7, 11) is -10.2. The molecule has 0 aromatic carbocycles. The van der Waals surface area contributed by atoms with Crippen molar-refractivity contribution in [2.45, 2.75) is 0 Å². The SMILES string of the molecule is C#CCOP(=O)(OCC#C)/C([O-])=N/S(=O)(=O)F. The first-order valence-electron chi connectivity index (χ1n) is 3.73. The van der Waals surface area contributed by atoms with Gasteiger partial charge in [0.05, 0.1) is 5.64 Å². The number of halogens is 1. The van der Waals surface area contributed by atoms with Crippen molar-refractivity contribution in [3.05, 3.63) is 0 Å². The van der Waals surface area contributed by atoms with Gasteiger partial charge in [-0.15, -0.1) is 17.2 Å². The van der Waals surface area contributed by atoms with Gasteiger partial charge in [-0.2, -0.15) is 8.42 Å². The van der Waals surface area contributed by atoms with E-state index in [1.165, 1.54) is 0 Å². The molecule has 0 spiro atoms. The normalized spacial score (nSPS) is 12.8. The van der Waals surface area contributed by atoms with Crippen LogP contribution in [0.1, 0.15) is 0 Å². The van der Waals surface area contributed by atoms with Crippen LogP contribution in [0.3, 0.4) is 0 Å². The lowest BCUT2D eigenvalue weighted by Crippen LogP contribution is -2.22. The van der Waals surface area contributed by atoms with Crippen molar-refractivity contribution in [2.24, 2.45) is 4.40 Å². The predicted molar refractivity (Wildman–Crippen MR) is 54.6 cm³/mol. The predicted octanol–water partition coefficient (Wildman–Crippen LogP) is -0.590. The fourth-order valence-corrected chi connectivity index (χ4v) is 2.20. The van der Waals surface area contributed by atoms with Gasteiger partial charge < -0.3 is 5.11 Å². The lowest BCUT2D eigenvalue weighted by atomic mass is 10.8. The summed E-state index contributed by atoms with van der Waals surface area (Å²) >= 11 is 0. The molecule has 0 bridgehead atoms. The third kappa shape index (κ3) is 6.05. The van der Waals surface area contributed by atoms with E-state index in [0.29, 0.717) is 0 Å². The molecule has 0 aromatic rings. The zero-order chi connectivity index (χ0) is 13.5. The van der Waals surface area contributed by atoms with E-state index >= 15 is 0 Å². The van der Waals surface area contributed by atoms with Crippen LogP contribution < -0.4 is 5.11 Å².